The summed E-state index contributed by atoms with van der Waals surface area (Å²) in [5.74, 6) is -0.424. The lowest BCUT2D eigenvalue weighted by Crippen LogP contribution is -2.49. The van der Waals surface area contributed by atoms with Gasteiger partial charge in [0.15, 0.2) is 0 Å². The predicted molar refractivity (Wildman–Crippen MR) is 102 cm³/mol. The van der Waals surface area contributed by atoms with E-state index in [-0.39, 0.29) is 16.6 Å². The SMILES string of the molecule is CN(C)S(=O)(=O)c1ccc(C(=O)N2CCN(c3ccccc3F)CC2)cc1. The minimum Gasteiger partial charge on any atom is -0.366 e. The Balaban J connectivity index is 1.67. The average Bonchev–Trinajstić information content (AvgIpc) is 2.68. The molecule has 0 unspecified atom stereocenters. The van der Waals surface area contributed by atoms with Crippen LogP contribution in [-0.2, 0) is 10.0 Å². The third-order valence-corrected chi connectivity index (χ3v) is 6.47. The molecule has 0 N–H and O–H groups in total. The fourth-order valence-electron chi connectivity index (χ4n) is 3.02. The lowest BCUT2D eigenvalue weighted by atomic mass is 10.1. The smallest absolute Gasteiger partial charge is 0.253 e. The molecule has 2 aromatic rings. The Hall–Kier alpha value is -2.45. The first-order valence-electron chi connectivity index (χ1n) is 8.62. The molecule has 8 heteroatoms. The van der Waals surface area contributed by atoms with Crippen molar-refractivity contribution in [1.29, 1.82) is 0 Å². The number of sulfonamides is 1. The van der Waals surface area contributed by atoms with Crippen LogP contribution >= 0.6 is 0 Å². The summed E-state index contributed by atoms with van der Waals surface area (Å²) >= 11 is 0. The number of para-hydroxylation sites is 1. The molecule has 0 atom stereocenters. The molecule has 0 aliphatic carbocycles. The maximum atomic E-state index is 13.9. The molecule has 6 nitrogen and oxygen atoms in total. The molecule has 27 heavy (non-hydrogen) atoms. The topological polar surface area (TPSA) is 60.9 Å². The van der Waals surface area contributed by atoms with Crippen molar-refractivity contribution in [2.24, 2.45) is 0 Å². The van der Waals surface area contributed by atoms with Crippen molar-refractivity contribution in [2.75, 3.05) is 45.2 Å². The molecule has 0 radical (unpaired) electrons. The number of hydrogen-bond donors (Lipinski definition) is 0. The van der Waals surface area contributed by atoms with Gasteiger partial charge in [-0.05, 0) is 36.4 Å². The normalized spacial score (nSPS) is 15.3. The van der Waals surface area contributed by atoms with Gasteiger partial charge in [0.25, 0.3) is 5.91 Å². The average molecular weight is 391 g/mol. The van der Waals surface area contributed by atoms with E-state index in [4.69, 9.17) is 0 Å². The minimum absolute atomic E-state index is 0.147. The number of benzene rings is 2. The van der Waals surface area contributed by atoms with E-state index in [1.807, 2.05) is 4.90 Å². The van der Waals surface area contributed by atoms with E-state index in [1.165, 1.54) is 44.4 Å². The predicted octanol–water partition coefficient (Wildman–Crippen LogP) is 2.04. The van der Waals surface area contributed by atoms with E-state index in [1.54, 1.807) is 23.1 Å². The molecule has 0 saturated carbocycles. The van der Waals surface area contributed by atoms with Crippen molar-refractivity contribution in [3.63, 3.8) is 0 Å². The first kappa shape index (κ1) is 19.3. The Labute approximate surface area is 158 Å². The summed E-state index contributed by atoms with van der Waals surface area (Å²) in [4.78, 5) is 16.4. The molecule has 3 rings (SSSR count). The van der Waals surface area contributed by atoms with E-state index in [0.717, 1.165) is 4.31 Å². The second kappa shape index (κ2) is 7.66. The molecule has 1 heterocycles. The lowest BCUT2D eigenvalue weighted by Gasteiger charge is -2.36. The molecule has 0 aromatic heterocycles. The highest BCUT2D eigenvalue weighted by Gasteiger charge is 2.24. The summed E-state index contributed by atoms with van der Waals surface area (Å²) in [5.41, 5.74) is 0.981. The van der Waals surface area contributed by atoms with Gasteiger partial charge in [0.1, 0.15) is 5.82 Å². The van der Waals surface area contributed by atoms with Gasteiger partial charge in [-0.1, -0.05) is 12.1 Å². The molecular weight excluding hydrogens is 369 g/mol. The number of rotatable bonds is 4. The van der Waals surface area contributed by atoms with Crippen LogP contribution in [0, 0.1) is 5.82 Å². The van der Waals surface area contributed by atoms with Gasteiger partial charge < -0.3 is 9.80 Å². The van der Waals surface area contributed by atoms with Gasteiger partial charge >= 0.3 is 0 Å². The van der Waals surface area contributed by atoms with Crippen LogP contribution in [0.5, 0.6) is 0 Å². The van der Waals surface area contributed by atoms with Gasteiger partial charge in [-0.3, -0.25) is 4.79 Å². The Kier molecular flexibility index (Phi) is 5.48. The second-order valence-corrected chi connectivity index (χ2v) is 8.69. The largest absolute Gasteiger partial charge is 0.366 e. The van der Waals surface area contributed by atoms with Crippen LogP contribution in [0.1, 0.15) is 10.4 Å². The summed E-state index contributed by atoms with van der Waals surface area (Å²) < 4.78 is 39.3. The molecular formula is C19H22FN3O3S. The minimum atomic E-state index is -3.52. The molecule has 1 amide bonds. The number of carbonyl (C=O) groups is 1. The highest BCUT2D eigenvalue weighted by atomic mass is 32.2. The van der Waals surface area contributed by atoms with Gasteiger partial charge in [-0.25, -0.2) is 17.1 Å². The van der Waals surface area contributed by atoms with Crippen LogP contribution in [0.2, 0.25) is 0 Å². The van der Waals surface area contributed by atoms with Crippen LogP contribution in [0.25, 0.3) is 0 Å². The van der Waals surface area contributed by atoms with E-state index in [0.29, 0.717) is 37.4 Å². The molecule has 0 bridgehead atoms. The van der Waals surface area contributed by atoms with E-state index in [2.05, 4.69) is 0 Å². The van der Waals surface area contributed by atoms with Crippen LogP contribution in [-0.4, -0.2) is 63.8 Å². The van der Waals surface area contributed by atoms with E-state index >= 15 is 0 Å². The second-order valence-electron chi connectivity index (χ2n) is 6.54. The summed E-state index contributed by atoms with van der Waals surface area (Å²) in [5, 5.41) is 0. The van der Waals surface area contributed by atoms with Gasteiger partial charge in [-0.2, -0.15) is 0 Å². The summed E-state index contributed by atoms with van der Waals surface area (Å²) in [6.07, 6.45) is 0. The number of anilines is 1. The van der Waals surface area contributed by atoms with Crippen molar-refractivity contribution in [3.05, 3.63) is 59.9 Å². The Morgan fingerprint density at radius 3 is 2.11 bits per heavy atom. The number of carbonyl (C=O) groups excluding carboxylic acids is 1. The van der Waals surface area contributed by atoms with Gasteiger partial charge in [-0.15, -0.1) is 0 Å². The monoisotopic (exact) mass is 391 g/mol. The molecule has 144 valence electrons. The first-order chi connectivity index (χ1) is 12.8. The number of halogens is 1. The standard InChI is InChI=1S/C19H22FN3O3S/c1-21(2)27(25,26)16-9-7-15(8-10-16)19(24)23-13-11-22(12-14-23)18-6-4-3-5-17(18)20/h3-10H,11-14H2,1-2H3. The zero-order chi connectivity index (χ0) is 19.6. The highest BCUT2D eigenvalue weighted by molar-refractivity contribution is 7.89. The maximum Gasteiger partial charge on any atom is 0.253 e. The Bertz CT molecular complexity index is 921. The van der Waals surface area contributed by atoms with Crippen LogP contribution in [0.3, 0.4) is 0 Å². The zero-order valence-corrected chi connectivity index (χ0v) is 16.1. The lowest BCUT2D eigenvalue weighted by molar-refractivity contribution is 0.0746. The highest BCUT2D eigenvalue weighted by Crippen LogP contribution is 2.21. The van der Waals surface area contributed by atoms with E-state index in [9.17, 15) is 17.6 Å². The van der Waals surface area contributed by atoms with Crippen molar-refractivity contribution >= 4 is 21.6 Å². The Morgan fingerprint density at radius 2 is 1.56 bits per heavy atom. The quantitative estimate of drug-likeness (QED) is 0.800. The number of nitrogens with zero attached hydrogens (tertiary/aromatic N) is 3. The van der Waals surface area contributed by atoms with Gasteiger partial charge in [0.2, 0.25) is 10.0 Å². The van der Waals surface area contributed by atoms with Crippen molar-refractivity contribution in [3.8, 4) is 0 Å². The summed E-state index contributed by atoms with van der Waals surface area (Å²) in [7, 11) is -0.596. The zero-order valence-electron chi connectivity index (χ0n) is 15.3. The molecule has 1 aliphatic heterocycles. The van der Waals surface area contributed by atoms with Gasteiger partial charge in [0.05, 0.1) is 10.6 Å². The maximum absolute atomic E-state index is 13.9. The molecule has 1 aliphatic rings. The number of amides is 1. The number of hydrogen-bond acceptors (Lipinski definition) is 4. The third-order valence-electron chi connectivity index (χ3n) is 4.64. The third kappa shape index (κ3) is 3.96. The fraction of sp³-hybridized carbons (Fsp3) is 0.316. The van der Waals surface area contributed by atoms with Crippen LogP contribution < -0.4 is 4.90 Å². The first-order valence-corrected chi connectivity index (χ1v) is 10.1. The van der Waals surface area contributed by atoms with Crippen molar-refractivity contribution < 1.29 is 17.6 Å². The molecule has 1 saturated heterocycles. The Morgan fingerprint density at radius 1 is 0.963 bits per heavy atom. The van der Waals surface area contributed by atoms with Gasteiger partial charge in [0, 0.05) is 45.8 Å². The number of piperazine rings is 1. The molecule has 2 aromatic carbocycles. The van der Waals surface area contributed by atoms with Crippen molar-refractivity contribution in [2.45, 2.75) is 4.90 Å². The fourth-order valence-corrected chi connectivity index (χ4v) is 3.92. The summed E-state index contributed by atoms with van der Waals surface area (Å²) in [6, 6.07) is 12.5. The van der Waals surface area contributed by atoms with Crippen molar-refractivity contribution in [1.82, 2.24) is 9.21 Å². The van der Waals surface area contributed by atoms with Crippen LogP contribution in [0.15, 0.2) is 53.4 Å². The molecule has 1 fully saturated rings. The summed E-state index contributed by atoms with van der Waals surface area (Å²) in [6.45, 7) is 2.04. The molecule has 0 spiro atoms. The van der Waals surface area contributed by atoms with Crippen LogP contribution in [0.4, 0.5) is 10.1 Å². The van der Waals surface area contributed by atoms with E-state index < -0.39 is 10.0 Å².